The summed E-state index contributed by atoms with van der Waals surface area (Å²) in [6, 6.07) is 2.13. The van der Waals surface area contributed by atoms with Gasteiger partial charge in [-0.25, -0.2) is 13.2 Å². The Balaban J connectivity index is 3.23. The molecule has 0 amide bonds. The molecule has 0 unspecified atom stereocenters. The van der Waals surface area contributed by atoms with E-state index < -0.39 is 44.0 Å². The van der Waals surface area contributed by atoms with Gasteiger partial charge in [0.1, 0.15) is 11.4 Å². The largest absolute Gasteiger partial charge is 0.478 e. The van der Waals surface area contributed by atoms with Crippen LogP contribution in [0.15, 0.2) is 17.0 Å². The van der Waals surface area contributed by atoms with Gasteiger partial charge in [-0.3, -0.25) is 4.79 Å². The van der Waals surface area contributed by atoms with Gasteiger partial charge in [-0.05, 0) is 12.1 Å². The number of halogens is 2. The highest BCUT2D eigenvalue weighted by molar-refractivity contribution is 7.89. The average Bonchev–Trinajstić information content (AvgIpc) is 2.35. The molecular weight excluding hydrogens is 333 g/mol. The molecule has 2 N–H and O–H groups in total. The first-order chi connectivity index (χ1) is 9.20. The molecule has 0 radical (unpaired) electrons. The standard InChI is InChI=1S/C10H9Cl2NO6S/c1-19-7(14)4-13-20(17,18)6-3-2-5(11)8(9(6)12)10(15)16/h2-3,13H,4H2,1H3,(H,15,16). The molecule has 20 heavy (non-hydrogen) atoms. The SMILES string of the molecule is COC(=O)CNS(=O)(=O)c1ccc(Cl)c(C(=O)O)c1Cl. The molecule has 7 nitrogen and oxygen atoms in total. The number of carboxylic acid groups (broad SMARTS) is 1. The summed E-state index contributed by atoms with van der Waals surface area (Å²) in [5.74, 6) is -2.28. The van der Waals surface area contributed by atoms with Crippen molar-refractivity contribution in [3.63, 3.8) is 0 Å². The van der Waals surface area contributed by atoms with Crippen LogP contribution in [0.1, 0.15) is 10.4 Å². The highest BCUT2D eigenvalue weighted by Crippen LogP contribution is 2.30. The number of aromatic carboxylic acids is 1. The molecule has 110 valence electrons. The molecule has 1 rings (SSSR count). The van der Waals surface area contributed by atoms with E-state index in [1.165, 1.54) is 0 Å². The molecule has 0 bridgehead atoms. The monoisotopic (exact) mass is 341 g/mol. The summed E-state index contributed by atoms with van der Waals surface area (Å²) < 4.78 is 30.0. The van der Waals surface area contributed by atoms with E-state index in [9.17, 15) is 18.0 Å². The first kappa shape index (κ1) is 16.7. The maximum absolute atomic E-state index is 11.9. The fourth-order valence-electron chi connectivity index (χ4n) is 1.24. The normalized spacial score (nSPS) is 11.2. The number of hydrogen-bond donors (Lipinski definition) is 2. The summed E-state index contributed by atoms with van der Waals surface area (Å²) >= 11 is 11.4. The number of carbonyl (C=O) groups excluding carboxylic acids is 1. The van der Waals surface area contributed by atoms with Gasteiger partial charge in [-0.15, -0.1) is 0 Å². The van der Waals surface area contributed by atoms with E-state index in [-0.39, 0.29) is 5.02 Å². The van der Waals surface area contributed by atoms with Gasteiger partial charge < -0.3 is 9.84 Å². The molecular formula is C10H9Cl2NO6S. The van der Waals surface area contributed by atoms with Crippen LogP contribution in [-0.2, 0) is 19.6 Å². The summed E-state index contributed by atoms with van der Waals surface area (Å²) in [4.78, 5) is 21.4. The van der Waals surface area contributed by atoms with Crippen molar-refractivity contribution in [1.82, 2.24) is 4.72 Å². The summed E-state index contributed by atoms with van der Waals surface area (Å²) in [6.45, 7) is -0.611. The molecule has 0 aromatic heterocycles. The third-order valence-electron chi connectivity index (χ3n) is 2.19. The van der Waals surface area contributed by atoms with Crippen LogP contribution in [-0.4, -0.2) is 39.1 Å². The molecule has 0 heterocycles. The van der Waals surface area contributed by atoms with Crippen molar-refractivity contribution in [2.45, 2.75) is 4.90 Å². The lowest BCUT2D eigenvalue weighted by Crippen LogP contribution is -2.30. The molecule has 0 saturated carbocycles. The molecule has 1 aromatic carbocycles. The third-order valence-corrected chi connectivity index (χ3v) is 4.46. The van der Waals surface area contributed by atoms with E-state index in [1.54, 1.807) is 0 Å². The van der Waals surface area contributed by atoms with E-state index in [4.69, 9.17) is 28.3 Å². The van der Waals surface area contributed by atoms with Gasteiger partial charge in [0, 0.05) is 0 Å². The smallest absolute Gasteiger partial charge is 0.338 e. The number of carbonyl (C=O) groups is 2. The van der Waals surface area contributed by atoms with Crippen molar-refractivity contribution >= 4 is 45.2 Å². The van der Waals surface area contributed by atoms with Gasteiger partial charge in [0.25, 0.3) is 0 Å². The van der Waals surface area contributed by atoms with Gasteiger partial charge in [0.15, 0.2) is 0 Å². The predicted molar refractivity (Wildman–Crippen MR) is 70.6 cm³/mol. The van der Waals surface area contributed by atoms with Crippen LogP contribution in [0.4, 0.5) is 0 Å². The van der Waals surface area contributed by atoms with Gasteiger partial charge in [-0.1, -0.05) is 23.2 Å². The number of esters is 1. The fourth-order valence-corrected chi connectivity index (χ4v) is 3.13. The van der Waals surface area contributed by atoms with E-state index >= 15 is 0 Å². The average molecular weight is 342 g/mol. The first-order valence-electron chi connectivity index (χ1n) is 4.98. The molecule has 10 heteroatoms. The van der Waals surface area contributed by atoms with E-state index in [2.05, 4.69) is 4.74 Å². The number of rotatable bonds is 5. The van der Waals surface area contributed by atoms with Crippen LogP contribution in [0.2, 0.25) is 10.0 Å². The Bertz CT molecular complexity index is 658. The zero-order valence-electron chi connectivity index (χ0n) is 10.0. The van der Waals surface area contributed by atoms with E-state index in [1.807, 2.05) is 4.72 Å². The molecule has 1 aromatic rings. The summed E-state index contributed by atoms with van der Waals surface area (Å²) in [5, 5.41) is 8.20. The van der Waals surface area contributed by atoms with Gasteiger partial charge in [0.2, 0.25) is 10.0 Å². The number of hydrogen-bond acceptors (Lipinski definition) is 5. The Morgan fingerprint density at radius 2 is 1.95 bits per heavy atom. The second kappa shape index (κ2) is 6.40. The molecule has 0 aliphatic rings. The summed E-state index contributed by atoms with van der Waals surface area (Å²) in [5.41, 5.74) is -0.533. The first-order valence-corrected chi connectivity index (χ1v) is 7.22. The lowest BCUT2D eigenvalue weighted by Gasteiger charge is -2.10. The lowest BCUT2D eigenvalue weighted by atomic mass is 10.2. The number of carboxylic acids is 1. The minimum absolute atomic E-state index is 0.200. The summed E-state index contributed by atoms with van der Waals surface area (Å²) in [6.07, 6.45) is 0. The van der Waals surface area contributed by atoms with Gasteiger partial charge in [-0.2, -0.15) is 4.72 Å². The van der Waals surface area contributed by atoms with Crippen molar-refractivity contribution < 1.29 is 27.9 Å². The lowest BCUT2D eigenvalue weighted by molar-refractivity contribution is -0.139. The summed E-state index contributed by atoms with van der Waals surface area (Å²) in [7, 11) is -3.08. The fraction of sp³-hybridized carbons (Fsp3) is 0.200. The molecule has 0 fully saturated rings. The molecule has 0 aliphatic heterocycles. The van der Waals surface area contributed by atoms with E-state index in [0.29, 0.717) is 0 Å². The zero-order valence-corrected chi connectivity index (χ0v) is 12.3. The minimum Gasteiger partial charge on any atom is -0.478 e. The van der Waals surface area contributed by atoms with Crippen LogP contribution in [0.25, 0.3) is 0 Å². The maximum atomic E-state index is 11.9. The second-order valence-corrected chi connectivity index (χ2v) is 5.96. The van der Waals surface area contributed by atoms with Crippen LogP contribution >= 0.6 is 23.2 Å². The predicted octanol–water partition coefficient (Wildman–Crippen LogP) is 1.14. The maximum Gasteiger partial charge on any atom is 0.338 e. The number of ether oxygens (including phenoxy) is 1. The van der Waals surface area contributed by atoms with Crippen molar-refractivity contribution in [2.24, 2.45) is 0 Å². The van der Waals surface area contributed by atoms with Crippen LogP contribution in [0, 0.1) is 0 Å². The zero-order chi connectivity index (χ0) is 15.5. The molecule has 0 saturated heterocycles. The van der Waals surface area contributed by atoms with Crippen molar-refractivity contribution in [3.8, 4) is 0 Å². The number of methoxy groups -OCH3 is 1. The van der Waals surface area contributed by atoms with E-state index in [0.717, 1.165) is 19.2 Å². The van der Waals surface area contributed by atoms with Crippen LogP contribution < -0.4 is 4.72 Å². The Morgan fingerprint density at radius 1 is 1.35 bits per heavy atom. The Kier molecular flexibility index (Phi) is 5.35. The number of nitrogens with one attached hydrogen (secondary N) is 1. The second-order valence-electron chi connectivity index (χ2n) is 3.44. The molecule has 0 atom stereocenters. The minimum atomic E-state index is -4.17. The van der Waals surface area contributed by atoms with Crippen molar-refractivity contribution in [3.05, 3.63) is 27.7 Å². The Hall–Kier alpha value is -1.35. The number of benzene rings is 1. The Labute approximate surface area is 124 Å². The van der Waals surface area contributed by atoms with Crippen LogP contribution in [0.3, 0.4) is 0 Å². The number of sulfonamides is 1. The highest BCUT2D eigenvalue weighted by Gasteiger charge is 2.25. The Morgan fingerprint density at radius 3 is 2.45 bits per heavy atom. The topological polar surface area (TPSA) is 110 Å². The van der Waals surface area contributed by atoms with Crippen molar-refractivity contribution in [2.75, 3.05) is 13.7 Å². The quantitative estimate of drug-likeness (QED) is 0.777. The van der Waals surface area contributed by atoms with Gasteiger partial charge >= 0.3 is 11.9 Å². The third kappa shape index (κ3) is 3.60. The molecule has 0 aliphatic carbocycles. The molecule has 0 spiro atoms. The van der Waals surface area contributed by atoms with Gasteiger partial charge in [0.05, 0.1) is 22.7 Å². The van der Waals surface area contributed by atoms with Crippen molar-refractivity contribution in [1.29, 1.82) is 0 Å². The highest BCUT2D eigenvalue weighted by atomic mass is 35.5. The van der Waals surface area contributed by atoms with Crippen LogP contribution in [0.5, 0.6) is 0 Å².